The second-order valence-corrected chi connectivity index (χ2v) is 7.75. The van der Waals surface area contributed by atoms with Gasteiger partial charge in [0.1, 0.15) is 11.6 Å². The first kappa shape index (κ1) is 20.3. The Morgan fingerprint density at radius 1 is 1.03 bits per heavy atom. The molecular weight excluding hydrogens is 390 g/mol. The van der Waals surface area contributed by atoms with Crippen molar-refractivity contribution < 1.29 is 18.4 Å². The maximum absolute atomic E-state index is 13.9. The highest BCUT2D eigenvalue weighted by molar-refractivity contribution is 5.98. The number of rotatable bonds is 4. The molecule has 30 heavy (non-hydrogen) atoms. The van der Waals surface area contributed by atoms with Gasteiger partial charge in [-0.05, 0) is 56.0 Å². The summed E-state index contributed by atoms with van der Waals surface area (Å²) < 4.78 is 27.3. The Kier molecular flexibility index (Phi) is 5.92. The number of urea groups is 1. The summed E-state index contributed by atoms with van der Waals surface area (Å²) in [5, 5.41) is 2.94. The molecule has 8 heteroatoms. The maximum Gasteiger partial charge on any atom is 0.321 e. The van der Waals surface area contributed by atoms with Gasteiger partial charge < -0.3 is 15.1 Å². The summed E-state index contributed by atoms with van der Waals surface area (Å²) in [7, 11) is 0. The third kappa shape index (κ3) is 4.27. The molecule has 2 fully saturated rings. The lowest BCUT2D eigenvalue weighted by molar-refractivity contribution is 0.0854. The molecule has 2 aliphatic heterocycles. The fraction of sp³-hybridized carbons (Fsp3) is 0.409. The van der Waals surface area contributed by atoms with Crippen molar-refractivity contribution in [2.75, 3.05) is 36.4 Å². The third-order valence-corrected chi connectivity index (χ3v) is 5.78. The average molecular weight is 414 g/mol. The van der Waals surface area contributed by atoms with E-state index >= 15 is 0 Å². The minimum absolute atomic E-state index is 0.219. The first-order chi connectivity index (χ1) is 14.5. The number of aromatic nitrogens is 1. The molecule has 1 aromatic heterocycles. The van der Waals surface area contributed by atoms with Crippen LogP contribution in [-0.4, -0.2) is 47.9 Å². The second kappa shape index (κ2) is 8.77. The van der Waals surface area contributed by atoms with Crippen LogP contribution in [0.5, 0.6) is 0 Å². The van der Waals surface area contributed by atoms with Crippen molar-refractivity contribution in [1.29, 1.82) is 0 Å². The molecule has 2 amide bonds. The predicted octanol–water partition coefficient (Wildman–Crippen LogP) is 4.09. The van der Waals surface area contributed by atoms with E-state index in [2.05, 4.69) is 15.2 Å². The number of amides is 2. The molecule has 0 atom stereocenters. The number of piperidine rings is 1. The molecule has 0 bridgehead atoms. The fourth-order valence-electron chi connectivity index (χ4n) is 4.12. The van der Waals surface area contributed by atoms with Crippen molar-refractivity contribution in [1.82, 2.24) is 9.88 Å². The number of ketones is 1. The molecule has 2 aromatic rings. The predicted molar refractivity (Wildman–Crippen MR) is 110 cm³/mol. The summed E-state index contributed by atoms with van der Waals surface area (Å²) >= 11 is 0. The van der Waals surface area contributed by atoms with Gasteiger partial charge in [0.25, 0.3) is 0 Å². The van der Waals surface area contributed by atoms with Gasteiger partial charge in [-0.25, -0.2) is 18.6 Å². The molecule has 0 aliphatic carbocycles. The average Bonchev–Trinajstić information content (AvgIpc) is 3.30. The van der Waals surface area contributed by atoms with Gasteiger partial charge in [0.15, 0.2) is 11.6 Å². The van der Waals surface area contributed by atoms with Crippen molar-refractivity contribution in [3.63, 3.8) is 0 Å². The second-order valence-electron chi connectivity index (χ2n) is 7.75. The normalized spacial score (nSPS) is 17.3. The summed E-state index contributed by atoms with van der Waals surface area (Å²) in [4.78, 5) is 33.6. The van der Waals surface area contributed by atoms with Crippen LogP contribution in [0.15, 0.2) is 36.5 Å². The van der Waals surface area contributed by atoms with Crippen LogP contribution in [-0.2, 0) is 0 Å². The molecule has 4 rings (SSSR count). The molecular formula is C22H24F2N4O2. The minimum atomic E-state index is -0.715. The van der Waals surface area contributed by atoms with E-state index in [1.54, 1.807) is 17.2 Å². The van der Waals surface area contributed by atoms with Crippen molar-refractivity contribution in [2.45, 2.75) is 25.7 Å². The number of nitrogens with zero attached hydrogens (tertiary/aromatic N) is 3. The van der Waals surface area contributed by atoms with Gasteiger partial charge in [-0.1, -0.05) is 0 Å². The molecule has 2 aliphatic rings. The highest BCUT2D eigenvalue weighted by atomic mass is 19.1. The number of hydrogen-bond donors (Lipinski definition) is 1. The summed E-state index contributed by atoms with van der Waals surface area (Å²) in [5.41, 5.74) is 0.452. The Hall–Kier alpha value is -3.03. The van der Waals surface area contributed by atoms with Crippen molar-refractivity contribution in [2.24, 2.45) is 5.92 Å². The molecule has 158 valence electrons. The lowest BCUT2D eigenvalue weighted by atomic mass is 9.88. The smallest absolute Gasteiger partial charge is 0.321 e. The SMILES string of the molecule is O=C(c1cc(F)ccc1F)C1CCN(C(=O)Nc2cccnc2N2CCCC2)CC1. The van der Waals surface area contributed by atoms with Gasteiger partial charge in [-0.3, -0.25) is 4.79 Å². The van der Waals surface area contributed by atoms with Crippen molar-refractivity contribution in [3.8, 4) is 0 Å². The van der Waals surface area contributed by atoms with Crippen LogP contribution in [0.25, 0.3) is 0 Å². The number of carbonyl (C=O) groups excluding carboxylic acids is 2. The van der Waals surface area contributed by atoms with Gasteiger partial charge in [0.05, 0.1) is 11.3 Å². The number of benzene rings is 1. The van der Waals surface area contributed by atoms with Crippen molar-refractivity contribution >= 4 is 23.3 Å². The number of hydrogen-bond acceptors (Lipinski definition) is 4. The Morgan fingerprint density at radius 2 is 1.77 bits per heavy atom. The first-order valence-electron chi connectivity index (χ1n) is 10.3. The standard InChI is InChI=1S/C22H24F2N4O2/c23-16-5-6-18(24)17(14-16)20(29)15-7-12-28(13-8-15)22(30)26-19-4-3-9-25-21(19)27-10-1-2-11-27/h3-6,9,14-15H,1-2,7-8,10-13H2,(H,26,30). The molecule has 1 N–H and O–H groups in total. The molecule has 0 spiro atoms. The quantitative estimate of drug-likeness (QED) is 0.766. The van der Waals surface area contributed by atoms with Crippen molar-refractivity contribution in [3.05, 3.63) is 53.7 Å². The van der Waals surface area contributed by atoms with Crippen LogP contribution in [0, 0.1) is 17.6 Å². The number of nitrogens with one attached hydrogen (secondary N) is 1. The lowest BCUT2D eigenvalue weighted by Crippen LogP contribution is -2.42. The highest BCUT2D eigenvalue weighted by Crippen LogP contribution is 2.28. The summed E-state index contributed by atoms with van der Waals surface area (Å²) in [5.74, 6) is -1.41. The Labute approximate surface area is 173 Å². The van der Waals surface area contributed by atoms with Gasteiger partial charge in [-0.15, -0.1) is 0 Å². The highest BCUT2D eigenvalue weighted by Gasteiger charge is 2.30. The zero-order valence-corrected chi connectivity index (χ0v) is 16.6. The number of likely N-dealkylation sites (tertiary alicyclic amines) is 1. The number of anilines is 2. The maximum atomic E-state index is 13.9. The summed E-state index contributed by atoms with van der Waals surface area (Å²) in [6.07, 6.45) is 4.75. The summed E-state index contributed by atoms with van der Waals surface area (Å²) in [6.45, 7) is 2.59. The number of pyridine rings is 1. The van der Waals surface area contributed by atoms with Gasteiger partial charge in [0.2, 0.25) is 0 Å². The van der Waals surface area contributed by atoms with Gasteiger partial charge in [-0.2, -0.15) is 0 Å². The van der Waals surface area contributed by atoms with Crippen LogP contribution in [0.4, 0.5) is 25.1 Å². The van der Waals surface area contributed by atoms with Crippen LogP contribution in [0.3, 0.4) is 0 Å². The Morgan fingerprint density at radius 3 is 2.50 bits per heavy atom. The summed E-state index contributed by atoms with van der Waals surface area (Å²) in [6, 6.07) is 6.28. The van der Waals surface area contributed by atoms with Gasteiger partial charge >= 0.3 is 6.03 Å². The Bertz CT molecular complexity index is 938. The number of Topliss-reactive ketones (excluding diaryl/α,β-unsaturated/α-hetero) is 1. The Balaban J connectivity index is 1.37. The zero-order valence-electron chi connectivity index (χ0n) is 16.6. The molecule has 2 saturated heterocycles. The van der Waals surface area contributed by atoms with Crippen LogP contribution in [0.1, 0.15) is 36.0 Å². The molecule has 6 nitrogen and oxygen atoms in total. The fourth-order valence-corrected chi connectivity index (χ4v) is 4.12. The van der Waals surface area contributed by atoms with E-state index in [-0.39, 0.29) is 11.6 Å². The third-order valence-electron chi connectivity index (χ3n) is 5.78. The van der Waals surface area contributed by atoms with Crippen LogP contribution in [0.2, 0.25) is 0 Å². The van der Waals surface area contributed by atoms with E-state index in [0.717, 1.165) is 49.9 Å². The molecule has 1 aromatic carbocycles. The number of carbonyl (C=O) groups is 2. The topological polar surface area (TPSA) is 65.5 Å². The first-order valence-corrected chi connectivity index (χ1v) is 10.3. The molecule has 0 unspecified atom stereocenters. The molecule has 0 radical (unpaired) electrons. The van der Waals surface area contributed by atoms with Crippen LogP contribution < -0.4 is 10.2 Å². The van der Waals surface area contributed by atoms with E-state index in [9.17, 15) is 18.4 Å². The molecule has 0 saturated carbocycles. The molecule has 3 heterocycles. The van der Waals surface area contributed by atoms with E-state index < -0.39 is 23.3 Å². The lowest BCUT2D eigenvalue weighted by Gasteiger charge is -2.32. The van der Waals surface area contributed by atoms with Gasteiger partial charge in [0, 0.05) is 38.3 Å². The van der Waals surface area contributed by atoms with Crippen LogP contribution >= 0.6 is 0 Å². The van der Waals surface area contributed by atoms with E-state index in [1.165, 1.54) is 0 Å². The van der Waals surface area contributed by atoms with E-state index in [1.807, 2.05) is 6.07 Å². The minimum Gasteiger partial charge on any atom is -0.355 e. The largest absolute Gasteiger partial charge is 0.355 e. The van der Waals surface area contributed by atoms with E-state index in [0.29, 0.717) is 31.6 Å². The monoisotopic (exact) mass is 414 g/mol. The van der Waals surface area contributed by atoms with E-state index in [4.69, 9.17) is 0 Å². The number of halogens is 2. The zero-order chi connectivity index (χ0) is 21.1.